The molecular formula is C36H41N3O5. The Bertz CT molecular complexity index is 1520. The van der Waals surface area contributed by atoms with Crippen LogP contribution in [0.25, 0.3) is 0 Å². The topological polar surface area (TPSA) is 101 Å². The largest absolute Gasteiger partial charge is 0.390 e. The van der Waals surface area contributed by atoms with E-state index in [9.17, 15) is 14.7 Å². The molecule has 2 aliphatic carbocycles. The van der Waals surface area contributed by atoms with Crippen LogP contribution in [0.1, 0.15) is 68.0 Å². The van der Waals surface area contributed by atoms with Gasteiger partial charge in [-0.05, 0) is 65.0 Å². The first-order valence-electron chi connectivity index (χ1n) is 15.8. The lowest BCUT2D eigenvalue weighted by atomic mass is 9.82. The second kappa shape index (κ2) is 11.4. The molecule has 7 rings (SSSR count). The summed E-state index contributed by atoms with van der Waals surface area (Å²) in [6, 6.07) is 17.9. The summed E-state index contributed by atoms with van der Waals surface area (Å²) in [5.74, 6) is -0.0827. The van der Waals surface area contributed by atoms with Crippen molar-refractivity contribution < 1.29 is 24.2 Å². The van der Waals surface area contributed by atoms with Crippen molar-refractivity contribution in [3.05, 3.63) is 95.3 Å². The predicted octanol–water partition coefficient (Wildman–Crippen LogP) is 4.87. The number of amides is 2. The van der Waals surface area contributed by atoms with Crippen molar-refractivity contribution in [2.75, 3.05) is 18.1 Å². The number of aromatic nitrogens is 1. The maximum Gasteiger partial charge on any atom is 0.248 e. The van der Waals surface area contributed by atoms with Gasteiger partial charge in [-0.2, -0.15) is 0 Å². The highest BCUT2D eigenvalue weighted by Crippen LogP contribution is 2.53. The van der Waals surface area contributed by atoms with Gasteiger partial charge in [-0.25, -0.2) is 0 Å². The van der Waals surface area contributed by atoms with E-state index in [0.717, 1.165) is 23.1 Å². The zero-order chi connectivity index (χ0) is 30.6. The maximum atomic E-state index is 15.0. The molecule has 2 unspecified atom stereocenters. The van der Waals surface area contributed by atoms with Crippen LogP contribution in [0.3, 0.4) is 0 Å². The molecular weight excluding hydrogens is 554 g/mol. The molecule has 8 heteroatoms. The van der Waals surface area contributed by atoms with Crippen molar-refractivity contribution >= 4 is 17.5 Å². The van der Waals surface area contributed by atoms with Crippen LogP contribution >= 0.6 is 0 Å². The number of aliphatic hydroxyl groups is 1. The Kier molecular flexibility index (Phi) is 7.55. The van der Waals surface area contributed by atoms with Gasteiger partial charge in [-0.15, -0.1) is 0 Å². The van der Waals surface area contributed by atoms with Crippen LogP contribution in [-0.2, 0) is 30.9 Å². The lowest BCUT2D eigenvalue weighted by Crippen LogP contribution is -2.49. The van der Waals surface area contributed by atoms with Crippen molar-refractivity contribution in [2.24, 2.45) is 23.7 Å². The highest BCUT2D eigenvalue weighted by Gasteiger charge is 2.56. The Balaban J connectivity index is 1.30. The molecule has 3 aromatic rings. The molecule has 4 aliphatic rings. The summed E-state index contributed by atoms with van der Waals surface area (Å²) in [7, 11) is 0. The van der Waals surface area contributed by atoms with E-state index in [0.29, 0.717) is 37.3 Å². The average Bonchev–Trinajstić information content (AvgIpc) is 3.71. The molecule has 230 valence electrons. The first-order chi connectivity index (χ1) is 21.2. The first kappa shape index (κ1) is 29.1. The number of benzene rings is 2. The number of anilines is 1. The standard InChI is InChI=1S/C36H41N3O5/c1-36(2,3)24-10-12-25(13-11-24)39(34(42)28-17-23-20-44-35-30(23)27(28)14-16-43-35)32(22-8-6-15-37-19-22)33(41)38-31-26-9-5-4-7-21(26)18-29(31)40/h4-13,15,19,23,27-32,35,40H,14,16-18,20H2,1-3H3,(H,38,41)/t23?,27-,28-,29-,30+,31+,32?,35+/m0/s1. The highest BCUT2D eigenvalue weighted by molar-refractivity contribution is 6.02. The summed E-state index contributed by atoms with van der Waals surface area (Å²) < 4.78 is 11.9. The Labute approximate surface area is 258 Å². The normalized spacial score (nSPS) is 29.5. The summed E-state index contributed by atoms with van der Waals surface area (Å²) in [6.07, 6.45) is 4.29. The van der Waals surface area contributed by atoms with E-state index < -0.39 is 18.2 Å². The van der Waals surface area contributed by atoms with Crippen LogP contribution in [0.5, 0.6) is 0 Å². The number of carbonyl (C=O) groups excluding carboxylic acids is 2. The summed E-state index contributed by atoms with van der Waals surface area (Å²) in [5.41, 5.74) is 4.27. The first-order valence-corrected chi connectivity index (χ1v) is 15.8. The Morgan fingerprint density at radius 3 is 2.59 bits per heavy atom. The molecule has 2 amide bonds. The number of aliphatic hydroxyl groups excluding tert-OH is 1. The molecule has 8 nitrogen and oxygen atoms in total. The van der Waals surface area contributed by atoms with Gasteiger partial charge >= 0.3 is 0 Å². The van der Waals surface area contributed by atoms with Gasteiger partial charge < -0.3 is 19.9 Å². The third kappa shape index (κ3) is 5.13. The van der Waals surface area contributed by atoms with Gasteiger partial charge in [-0.1, -0.05) is 63.2 Å². The number of ether oxygens (including phenoxy) is 2. The lowest BCUT2D eigenvalue weighted by Gasteiger charge is -2.38. The molecule has 2 aromatic carbocycles. The maximum absolute atomic E-state index is 15.0. The molecule has 3 heterocycles. The molecule has 1 aromatic heterocycles. The van der Waals surface area contributed by atoms with E-state index in [4.69, 9.17) is 9.47 Å². The fraction of sp³-hybridized carbons (Fsp3) is 0.472. The van der Waals surface area contributed by atoms with Crippen LogP contribution in [0.2, 0.25) is 0 Å². The van der Waals surface area contributed by atoms with E-state index >= 15 is 0 Å². The minimum Gasteiger partial charge on any atom is -0.390 e. The monoisotopic (exact) mass is 595 g/mol. The summed E-state index contributed by atoms with van der Waals surface area (Å²) in [5, 5.41) is 14.2. The molecule has 0 radical (unpaired) electrons. The van der Waals surface area contributed by atoms with Crippen molar-refractivity contribution in [1.29, 1.82) is 0 Å². The number of hydrogen-bond acceptors (Lipinski definition) is 6. The Morgan fingerprint density at radius 1 is 1.05 bits per heavy atom. The quantitative estimate of drug-likeness (QED) is 0.422. The van der Waals surface area contributed by atoms with E-state index in [1.165, 1.54) is 0 Å². The minimum absolute atomic E-state index is 0.0649. The number of carbonyl (C=O) groups is 2. The number of fused-ring (bicyclic) bond motifs is 1. The van der Waals surface area contributed by atoms with Crippen LogP contribution in [0.4, 0.5) is 5.69 Å². The van der Waals surface area contributed by atoms with Gasteiger partial charge in [0.2, 0.25) is 11.8 Å². The zero-order valence-electron chi connectivity index (χ0n) is 25.6. The second-order valence-electron chi connectivity index (χ2n) is 13.9. The Hall–Kier alpha value is -3.59. The second-order valence-corrected chi connectivity index (χ2v) is 13.9. The molecule has 2 aliphatic heterocycles. The van der Waals surface area contributed by atoms with Gasteiger partial charge in [0.15, 0.2) is 6.29 Å². The van der Waals surface area contributed by atoms with Crippen molar-refractivity contribution in [2.45, 2.75) is 69.9 Å². The van der Waals surface area contributed by atoms with Crippen LogP contribution in [-0.4, -0.2) is 47.5 Å². The molecule has 3 fully saturated rings. The third-order valence-electron chi connectivity index (χ3n) is 10.2. The smallest absolute Gasteiger partial charge is 0.248 e. The van der Waals surface area contributed by atoms with Gasteiger partial charge in [-0.3, -0.25) is 19.5 Å². The predicted molar refractivity (Wildman–Crippen MR) is 166 cm³/mol. The third-order valence-corrected chi connectivity index (χ3v) is 10.2. The fourth-order valence-corrected chi connectivity index (χ4v) is 8.01. The number of rotatable bonds is 6. The fourth-order valence-electron chi connectivity index (χ4n) is 8.01. The SMILES string of the molecule is CC(C)(C)c1ccc(N(C(=O)[C@H]2CC3CO[C@H]4OCC[C@@H]2[C@@H]34)C(C(=O)N[C@@H]2c3ccccc3C[C@@H]2O)c2cccnc2)cc1. The highest BCUT2D eigenvalue weighted by atomic mass is 16.7. The number of pyridine rings is 1. The number of nitrogens with one attached hydrogen (secondary N) is 1. The number of hydrogen-bond donors (Lipinski definition) is 2. The van der Waals surface area contributed by atoms with Gasteiger partial charge in [0, 0.05) is 41.9 Å². The van der Waals surface area contributed by atoms with Crippen LogP contribution < -0.4 is 10.2 Å². The van der Waals surface area contributed by atoms with Gasteiger partial charge in [0.25, 0.3) is 0 Å². The summed E-state index contributed by atoms with van der Waals surface area (Å²) in [6.45, 7) is 7.63. The molecule has 0 bridgehead atoms. The van der Waals surface area contributed by atoms with Gasteiger partial charge in [0.1, 0.15) is 6.04 Å². The van der Waals surface area contributed by atoms with Crippen molar-refractivity contribution in [1.82, 2.24) is 10.3 Å². The van der Waals surface area contributed by atoms with E-state index in [1.807, 2.05) is 54.6 Å². The molecule has 2 saturated heterocycles. The lowest BCUT2D eigenvalue weighted by molar-refractivity contribution is -0.170. The molecule has 44 heavy (non-hydrogen) atoms. The van der Waals surface area contributed by atoms with Crippen molar-refractivity contribution in [3.8, 4) is 0 Å². The number of nitrogens with zero attached hydrogens (tertiary/aromatic N) is 2. The average molecular weight is 596 g/mol. The zero-order valence-corrected chi connectivity index (χ0v) is 25.6. The van der Waals surface area contributed by atoms with Crippen LogP contribution in [0.15, 0.2) is 73.1 Å². The Morgan fingerprint density at radius 2 is 1.84 bits per heavy atom. The summed E-state index contributed by atoms with van der Waals surface area (Å²) >= 11 is 0. The van der Waals surface area contributed by atoms with E-state index in [-0.39, 0.29) is 47.2 Å². The summed E-state index contributed by atoms with van der Waals surface area (Å²) in [4.78, 5) is 35.6. The van der Waals surface area contributed by atoms with Gasteiger partial charge in [0.05, 0.1) is 25.4 Å². The van der Waals surface area contributed by atoms with Crippen molar-refractivity contribution in [3.63, 3.8) is 0 Å². The van der Waals surface area contributed by atoms with E-state index in [1.54, 1.807) is 23.4 Å². The molecule has 0 spiro atoms. The molecule has 1 saturated carbocycles. The molecule has 8 atom stereocenters. The van der Waals surface area contributed by atoms with E-state index in [2.05, 4.69) is 31.1 Å². The minimum atomic E-state index is -0.982. The molecule has 2 N–H and O–H groups in total. The van der Waals surface area contributed by atoms with Crippen LogP contribution in [0, 0.1) is 23.7 Å².